The number of Topliss-reactive ketones (excluding diaryl/α,β-unsaturated/α-hetero) is 1. The molecule has 4 rings (SSSR count). The summed E-state index contributed by atoms with van der Waals surface area (Å²) in [5.74, 6) is -1.07. The lowest BCUT2D eigenvalue weighted by atomic mass is 10.0. The van der Waals surface area contributed by atoms with Gasteiger partial charge in [0.05, 0.1) is 18.8 Å². The minimum Gasteiger partial charge on any atom is -0.434 e. The van der Waals surface area contributed by atoms with Gasteiger partial charge >= 0.3 is 11.2 Å². The molecule has 2 fully saturated rings. The van der Waals surface area contributed by atoms with Gasteiger partial charge in [0.15, 0.2) is 5.78 Å². The molecule has 0 radical (unpaired) electrons. The van der Waals surface area contributed by atoms with Gasteiger partial charge in [0, 0.05) is 18.8 Å². The average molecular weight is 519 g/mol. The van der Waals surface area contributed by atoms with E-state index >= 15 is 0 Å². The standard InChI is InChI=1S/C23H26N4O8S/c1-14(2)12-16(25-23(31)35-19-7-5-11-34-19)21(29)26-10-8-17-20(26)18(28)13-27(17)36(32,33)22(30)15-6-3-4-9-24-15/h3-7,9,11,14,16-17,20H,8,10,12-13H2,1-2H3,(H,25,31). The molecular formula is C23H26N4O8S. The molecule has 0 aliphatic carbocycles. The second kappa shape index (κ2) is 10.2. The number of hydrogen-bond acceptors (Lipinski definition) is 9. The van der Waals surface area contributed by atoms with E-state index in [9.17, 15) is 27.6 Å². The molecule has 2 saturated heterocycles. The molecule has 192 valence electrons. The Balaban J connectivity index is 1.51. The van der Waals surface area contributed by atoms with Gasteiger partial charge in [-0.25, -0.2) is 13.2 Å². The lowest BCUT2D eigenvalue weighted by molar-refractivity contribution is -0.138. The van der Waals surface area contributed by atoms with Crippen LogP contribution in [0.2, 0.25) is 0 Å². The summed E-state index contributed by atoms with van der Waals surface area (Å²) in [5.41, 5.74) is -0.254. The van der Waals surface area contributed by atoms with Crippen molar-refractivity contribution >= 4 is 32.9 Å². The number of carbonyl (C=O) groups excluding carboxylic acids is 4. The first-order valence-corrected chi connectivity index (χ1v) is 12.9. The van der Waals surface area contributed by atoms with E-state index in [1.54, 1.807) is 6.07 Å². The van der Waals surface area contributed by atoms with Crippen molar-refractivity contribution in [1.29, 1.82) is 0 Å². The van der Waals surface area contributed by atoms with Crippen LogP contribution < -0.4 is 10.1 Å². The highest BCUT2D eigenvalue weighted by atomic mass is 32.2. The molecule has 0 saturated carbocycles. The summed E-state index contributed by atoms with van der Waals surface area (Å²) in [7, 11) is -4.54. The van der Waals surface area contributed by atoms with Crippen LogP contribution in [0.3, 0.4) is 0 Å². The zero-order chi connectivity index (χ0) is 26.0. The topological polar surface area (TPSA) is 156 Å². The lowest BCUT2D eigenvalue weighted by Gasteiger charge is -2.28. The fourth-order valence-electron chi connectivity index (χ4n) is 4.54. The van der Waals surface area contributed by atoms with Crippen LogP contribution in [-0.4, -0.2) is 76.7 Å². The Morgan fingerprint density at radius 1 is 1.22 bits per heavy atom. The van der Waals surface area contributed by atoms with Crippen LogP contribution >= 0.6 is 0 Å². The fourth-order valence-corrected chi connectivity index (χ4v) is 6.01. The van der Waals surface area contributed by atoms with Crippen molar-refractivity contribution in [3.05, 3.63) is 48.5 Å². The number of furan rings is 1. The number of ether oxygens (including phenoxy) is 1. The third-order valence-electron chi connectivity index (χ3n) is 6.06. The van der Waals surface area contributed by atoms with Crippen LogP contribution in [-0.2, 0) is 19.6 Å². The van der Waals surface area contributed by atoms with Gasteiger partial charge in [-0.2, -0.15) is 4.31 Å². The summed E-state index contributed by atoms with van der Waals surface area (Å²) in [6, 6.07) is 4.34. The maximum atomic E-state index is 13.5. The maximum absolute atomic E-state index is 13.5. The highest BCUT2D eigenvalue weighted by Crippen LogP contribution is 2.33. The summed E-state index contributed by atoms with van der Waals surface area (Å²) in [6.07, 6.45) is 2.15. The zero-order valence-corrected chi connectivity index (χ0v) is 20.5. The molecule has 4 heterocycles. The third-order valence-corrected chi connectivity index (χ3v) is 7.76. The normalized spacial score (nSPS) is 20.9. The molecule has 2 aliphatic heterocycles. The first kappa shape index (κ1) is 25.5. The number of aromatic nitrogens is 1. The van der Waals surface area contributed by atoms with Gasteiger partial charge in [0.2, 0.25) is 5.91 Å². The maximum Gasteiger partial charge on any atom is 0.415 e. The van der Waals surface area contributed by atoms with Crippen molar-refractivity contribution < 1.29 is 36.7 Å². The number of nitrogens with zero attached hydrogens (tertiary/aromatic N) is 3. The molecule has 0 spiro atoms. The van der Waals surface area contributed by atoms with E-state index in [2.05, 4.69) is 10.3 Å². The fraction of sp³-hybridized carbons (Fsp3) is 0.435. The molecule has 2 amide bonds. The number of pyridine rings is 1. The van der Waals surface area contributed by atoms with Crippen LogP contribution in [0.15, 0.2) is 47.2 Å². The summed E-state index contributed by atoms with van der Waals surface area (Å²) >= 11 is 0. The van der Waals surface area contributed by atoms with Crippen molar-refractivity contribution in [3.63, 3.8) is 0 Å². The molecule has 36 heavy (non-hydrogen) atoms. The van der Waals surface area contributed by atoms with Crippen LogP contribution in [0, 0.1) is 5.92 Å². The molecule has 12 nitrogen and oxygen atoms in total. The van der Waals surface area contributed by atoms with Gasteiger partial charge in [0.1, 0.15) is 17.8 Å². The molecule has 2 aliphatic rings. The van der Waals surface area contributed by atoms with E-state index in [1.807, 2.05) is 13.8 Å². The second-order valence-electron chi connectivity index (χ2n) is 9.00. The molecule has 3 atom stereocenters. The van der Waals surface area contributed by atoms with Crippen molar-refractivity contribution in [2.24, 2.45) is 5.92 Å². The van der Waals surface area contributed by atoms with E-state index in [0.29, 0.717) is 0 Å². The van der Waals surface area contributed by atoms with Gasteiger partial charge in [-0.15, -0.1) is 0 Å². The zero-order valence-electron chi connectivity index (χ0n) is 19.7. The number of ketones is 1. The number of amides is 2. The third kappa shape index (κ3) is 5.02. The number of sulfonamides is 1. The number of hydrogen-bond donors (Lipinski definition) is 1. The minimum atomic E-state index is -4.54. The van der Waals surface area contributed by atoms with Gasteiger partial charge in [-0.1, -0.05) is 19.9 Å². The van der Waals surface area contributed by atoms with Crippen molar-refractivity contribution in [1.82, 2.24) is 19.5 Å². The van der Waals surface area contributed by atoms with Gasteiger partial charge in [-0.05, 0) is 37.0 Å². The van der Waals surface area contributed by atoms with E-state index in [4.69, 9.17) is 9.15 Å². The Morgan fingerprint density at radius 2 is 2.00 bits per heavy atom. The Bertz CT molecular complexity index is 1250. The second-order valence-corrected chi connectivity index (χ2v) is 10.8. The van der Waals surface area contributed by atoms with Gasteiger partial charge in [0.25, 0.3) is 16.0 Å². The van der Waals surface area contributed by atoms with E-state index in [0.717, 1.165) is 4.31 Å². The van der Waals surface area contributed by atoms with Gasteiger partial charge in [-0.3, -0.25) is 19.4 Å². The number of likely N-dealkylation sites (tertiary alicyclic amines) is 1. The van der Waals surface area contributed by atoms with E-state index in [1.165, 1.54) is 41.6 Å². The first-order valence-electron chi connectivity index (χ1n) is 11.4. The van der Waals surface area contributed by atoms with Crippen LogP contribution in [0.4, 0.5) is 4.79 Å². The summed E-state index contributed by atoms with van der Waals surface area (Å²) in [6.45, 7) is 3.30. The van der Waals surface area contributed by atoms with Crippen LogP contribution in [0.1, 0.15) is 37.2 Å². The van der Waals surface area contributed by atoms with E-state index in [-0.39, 0.29) is 36.9 Å². The smallest absolute Gasteiger partial charge is 0.415 e. The van der Waals surface area contributed by atoms with Crippen molar-refractivity contribution in [3.8, 4) is 5.95 Å². The predicted octanol–water partition coefficient (Wildman–Crippen LogP) is 1.20. The summed E-state index contributed by atoms with van der Waals surface area (Å²) in [5, 5.41) is 1.31. The summed E-state index contributed by atoms with van der Waals surface area (Å²) < 4.78 is 37.0. The first-order chi connectivity index (χ1) is 17.1. The number of fused-ring (bicyclic) bond motifs is 1. The Kier molecular flexibility index (Phi) is 7.22. The molecular weight excluding hydrogens is 492 g/mol. The molecule has 3 unspecified atom stereocenters. The lowest BCUT2D eigenvalue weighted by Crippen LogP contribution is -2.53. The van der Waals surface area contributed by atoms with E-state index < -0.39 is 57.6 Å². The highest BCUT2D eigenvalue weighted by molar-refractivity contribution is 8.04. The monoisotopic (exact) mass is 518 g/mol. The SMILES string of the molecule is CC(C)CC(NC(=O)Oc1ccco1)C(=O)N1CCC2C1C(=O)CN2S(=O)(=O)C(=O)c1ccccn1. The van der Waals surface area contributed by atoms with Crippen molar-refractivity contribution in [2.45, 2.75) is 44.8 Å². The van der Waals surface area contributed by atoms with Crippen LogP contribution in [0.5, 0.6) is 5.95 Å². The average Bonchev–Trinajstić information content (AvgIpc) is 3.57. The minimum absolute atomic E-state index is 0.00779. The quantitative estimate of drug-likeness (QED) is 0.569. The Labute approximate surface area is 207 Å². The van der Waals surface area contributed by atoms with Gasteiger partial charge < -0.3 is 19.4 Å². The largest absolute Gasteiger partial charge is 0.434 e. The van der Waals surface area contributed by atoms with Crippen LogP contribution in [0.25, 0.3) is 0 Å². The Morgan fingerprint density at radius 3 is 2.64 bits per heavy atom. The highest BCUT2D eigenvalue weighted by Gasteiger charge is 2.55. The molecule has 13 heteroatoms. The molecule has 0 aromatic carbocycles. The molecule has 1 N–H and O–H groups in total. The number of carbonyl (C=O) groups is 4. The molecule has 0 bridgehead atoms. The summed E-state index contributed by atoms with van der Waals surface area (Å²) in [4.78, 5) is 56.5. The Hall–Kier alpha value is -3.58. The number of nitrogens with one attached hydrogen (secondary N) is 1. The van der Waals surface area contributed by atoms with Crippen molar-refractivity contribution in [2.75, 3.05) is 13.1 Å². The molecule has 2 aromatic heterocycles. The molecule has 2 aromatic rings. The predicted molar refractivity (Wildman–Crippen MR) is 124 cm³/mol. The number of rotatable bonds is 7.